The third-order valence-corrected chi connectivity index (χ3v) is 2.78. The van der Waals surface area contributed by atoms with Crippen molar-refractivity contribution in [3.8, 4) is 5.75 Å². The van der Waals surface area contributed by atoms with Crippen molar-refractivity contribution in [3.63, 3.8) is 0 Å². The van der Waals surface area contributed by atoms with E-state index in [1.54, 1.807) is 7.11 Å². The van der Waals surface area contributed by atoms with E-state index >= 15 is 0 Å². The standard InChI is InChI=1S/C14H15NO5/c1-19-10-4-2-9(3-5-10)8-20-13-7-15-11(14(17)18)6-12(13)16/h2-7,12,15-16H,8H2,1H3,(H,17,18). The fourth-order valence-corrected chi connectivity index (χ4v) is 1.67. The Kier molecular flexibility index (Phi) is 4.27. The summed E-state index contributed by atoms with van der Waals surface area (Å²) in [6.07, 6.45) is 1.46. The van der Waals surface area contributed by atoms with Gasteiger partial charge in [-0.2, -0.15) is 0 Å². The number of aliphatic hydroxyl groups is 1. The van der Waals surface area contributed by atoms with Crippen molar-refractivity contribution in [1.82, 2.24) is 5.32 Å². The van der Waals surface area contributed by atoms with Crippen molar-refractivity contribution in [3.05, 3.63) is 53.6 Å². The Hall–Kier alpha value is -2.47. The van der Waals surface area contributed by atoms with Crippen molar-refractivity contribution < 1.29 is 24.5 Å². The van der Waals surface area contributed by atoms with E-state index in [4.69, 9.17) is 14.6 Å². The molecule has 6 nitrogen and oxygen atoms in total. The van der Waals surface area contributed by atoms with Crippen molar-refractivity contribution >= 4 is 5.97 Å². The van der Waals surface area contributed by atoms with Crippen LogP contribution < -0.4 is 10.1 Å². The average molecular weight is 277 g/mol. The van der Waals surface area contributed by atoms with Gasteiger partial charge in [-0.1, -0.05) is 12.1 Å². The number of rotatable bonds is 5. The fraction of sp³-hybridized carbons (Fsp3) is 0.214. The zero-order valence-corrected chi connectivity index (χ0v) is 10.9. The third kappa shape index (κ3) is 3.30. The number of ether oxygens (including phenoxy) is 2. The minimum Gasteiger partial charge on any atom is -0.497 e. The highest BCUT2D eigenvalue weighted by atomic mass is 16.5. The number of carboxylic acid groups (broad SMARTS) is 1. The quantitative estimate of drug-likeness (QED) is 0.743. The molecule has 1 aliphatic heterocycles. The predicted octanol–water partition coefficient (Wildman–Crippen LogP) is 0.986. The second kappa shape index (κ2) is 6.12. The van der Waals surface area contributed by atoms with Gasteiger partial charge in [-0.25, -0.2) is 4.79 Å². The summed E-state index contributed by atoms with van der Waals surface area (Å²) in [5, 5.41) is 21.1. The number of nitrogens with one attached hydrogen (secondary N) is 1. The molecule has 1 aromatic rings. The molecule has 1 aromatic carbocycles. The number of hydrogen-bond acceptors (Lipinski definition) is 5. The summed E-state index contributed by atoms with van der Waals surface area (Å²) in [6, 6.07) is 7.32. The Balaban J connectivity index is 1.93. The molecule has 0 bridgehead atoms. The van der Waals surface area contributed by atoms with Crippen LogP contribution in [0.1, 0.15) is 5.56 Å². The van der Waals surface area contributed by atoms with E-state index in [9.17, 15) is 9.90 Å². The molecule has 3 N–H and O–H groups in total. The van der Waals surface area contributed by atoms with Crippen LogP contribution in [0.15, 0.2) is 48.0 Å². The lowest BCUT2D eigenvalue weighted by atomic mass is 10.2. The molecule has 0 aromatic heterocycles. The minimum absolute atomic E-state index is 0.0747. The van der Waals surface area contributed by atoms with Gasteiger partial charge >= 0.3 is 5.97 Å². The molecule has 0 saturated heterocycles. The highest BCUT2D eigenvalue weighted by Gasteiger charge is 2.19. The molecular weight excluding hydrogens is 262 g/mol. The molecule has 0 radical (unpaired) electrons. The highest BCUT2D eigenvalue weighted by Crippen LogP contribution is 2.16. The SMILES string of the molecule is COc1ccc(COC2=CNC(C(=O)O)=CC2O)cc1. The molecule has 1 aliphatic rings. The lowest BCUT2D eigenvalue weighted by Crippen LogP contribution is -2.26. The molecule has 106 valence electrons. The molecule has 1 unspecified atom stereocenters. The first-order valence-electron chi connectivity index (χ1n) is 5.95. The van der Waals surface area contributed by atoms with Crippen molar-refractivity contribution in [2.24, 2.45) is 0 Å². The largest absolute Gasteiger partial charge is 0.497 e. The van der Waals surface area contributed by atoms with Gasteiger partial charge in [0.15, 0.2) is 0 Å². The molecule has 6 heteroatoms. The maximum absolute atomic E-state index is 10.7. The second-order valence-corrected chi connectivity index (χ2v) is 4.16. The first-order valence-corrected chi connectivity index (χ1v) is 5.95. The highest BCUT2D eigenvalue weighted by molar-refractivity contribution is 5.86. The lowest BCUT2D eigenvalue weighted by molar-refractivity contribution is -0.133. The van der Waals surface area contributed by atoms with Gasteiger partial charge in [0.1, 0.15) is 29.9 Å². The molecule has 2 rings (SSSR count). The van der Waals surface area contributed by atoms with Gasteiger partial charge < -0.3 is 25.0 Å². The van der Waals surface area contributed by atoms with E-state index in [1.807, 2.05) is 24.3 Å². The van der Waals surface area contributed by atoms with Crippen LogP contribution >= 0.6 is 0 Å². The van der Waals surface area contributed by atoms with Crippen LogP contribution in [0.2, 0.25) is 0 Å². The summed E-state index contributed by atoms with van der Waals surface area (Å²) in [7, 11) is 1.59. The Morgan fingerprint density at radius 3 is 2.60 bits per heavy atom. The number of benzene rings is 1. The number of aliphatic carboxylic acids is 1. The Morgan fingerprint density at radius 1 is 1.35 bits per heavy atom. The number of methoxy groups -OCH3 is 1. The molecule has 0 saturated carbocycles. The van der Waals surface area contributed by atoms with Crippen LogP contribution in [-0.4, -0.2) is 29.4 Å². The summed E-state index contributed by atoms with van der Waals surface area (Å²) in [5.41, 5.74) is 0.834. The lowest BCUT2D eigenvalue weighted by Gasteiger charge is -2.19. The second-order valence-electron chi connectivity index (χ2n) is 4.16. The van der Waals surface area contributed by atoms with Gasteiger partial charge in [0, 0.05) is 6.20 Å². The van der Waals surface area contributed by atoms with Gasteiger partial charge in [-0.05, 0) is 23.8 Å². The van der Waals surface area contributed by atoms with Crippen LogP contribution in [0.3, 0.4) is 0 Å². The first kappa shape index (κ1) is 14.0. The number of aliphatic hydroxyl groups excluding tert-OH is 1. The monoisotopic (exact) mass is 277 g/mol. The zero-order chi connectivity index (χ0) is 14.5. The van der Waals surface area contributed by atoms with Gasteiger partial charge in [-0.3, -0.25) is 0 Å². The normalized spacial score (nSPS) is 17.6. The van der Waals surface area contributed by atoms with Gasteiger partial charge in [-0.15, -0.1) is 0 Å². The number of hydrogen-bond donors (Lipinski definition) is 3. The third-order valence-electron chi connectivity index (χ3n) is 2.78. The molecule has 0 fully saturated rings. The van der Waals surface area contributed by atoms with Gasteiger partial charge in [0.25, 0.3) is 0 Å². The summed E-state index contributed by atoms with van der Waals surface area (Å²) < 4.78 is 10.5. The molecule has 20 heavy (non-hydrogen) atoms. The predicted molar refractivity (Wildman–Crippen MR) is 70.7 cm³/mol. The Bertz CT molecular complexity index is 547. The smallest absolute Gasteiger partial charge is 0.352 e. The van der Waals surface area contributed by atoms with Gasteiger partial charge in [0.05, 0.1) is 7.11 Å². The topological polar surface area (TPSA) is 88.0 Å². The van der Waals surface area contributed by atoms with Crippen LogP contribution in [0.4, 0.5) is 0 Å². The summed E-state index contributed by atoms with van der Waals surface area (Å²) in [5.74, 6) is -0.110. The molecule has 0 aliphatic carbocycles. The minimum atomic E-state index is -1.13. The average Bonchev–Trinajstić information content (AvgIpc) is 2.46. The molecule has 1 atom stereocenters. The van der Waals surface area contributed by atoms with E-state index in [1.165, 1.54) is 12.3 Å². The van der Waals surface area contributed by atoms with Crippen molar-refractivity contribution in [2.45, 2.75) is 12.7 Å². The van der Waals surface area contributed by atoms with Crippen LogP contribution in [0.25, 0.3) is 0 Å². The summed E-state index contributed by atoms with van der Waals surface area (Å²) in [4.78, 5) is 10.7. The molecule has 1 heterocycles. The summed E-state index contributed by atoms with van der Waals surface area (Å²) >= 11 is 0. The van der Waals surface area contributed by atoms with E-state index in [0.29, 0.717) is 0 Å². The maximum Gasteiger partial charge on any atom is 0.352 e. The zero-order valence-electron chi connectivity index (χ0n) is 10.9. The molecule has 0 spiro atoms. The van der Waals surface area contributed by atoms with Crippen molar-refractivity contribution in [2.75, 3.05) is 7.11 Å². The van der Waals surface area contributed by atoms with E-state index in [-0.39, 0.29) is 18.1 Å². The number of carbonyl (C=O) groups is 1. The van der Waals surface area contributed by atoms with Gasteiger partial charge in [0.2, 0.25) is 0 Å². The summed E-state index contributed by atoms with van der Waals surface area (Å²) in [6.45, 7) is 0.269. The van der Waals surface area contributed by atoms with Crippen molar-refractivity contribution in [1.29, 1.82) is 0 Å². The molecular formula is C14H15NO5. The van der Waals surface area contributed by atoms with Crippen LogP contribution in [0.5, 0.6) is 5.75 Å². The fourth-order valence-electron chi connectivity index (χ4n) is 1.67. The van der Waals surface area contributed by atoms with Crippen LogP contribution in [-0.2, 0) is 16.1 Å². The van der Waals surface area contributed by atoms with E-state index < -0.39 is 12.1 Å². The molecule has 0 amide bonds. The maximum atomic E-state index is 10.7. The number of dihydropyridines is 1. The van der Waals surface area contributed by atoms with E-state index in [0.717, 1.165) is 11.3 Å². The number of carboxylic acids is 1. The Morgan fingerprint density at radius 2 is 2.05 bits per heavy atom. The van der Waals surface area contributed by atoms with E-state index in [2.05, 4.69) is 5.32 Å². The van der Waals surface area contributed by atoms with Crippen LogP contribution in [0, 0.1) is 0 Å². The Labute approximate surface area is 115 Å². The first-order chi connectivity index (χ1) is 9.60.